The summed E-state index contributed by atoms with van der Waals surface area (Å²) in [5.41, 5.74) is 0.941. The Balaban J connectivity index is 1.83. The highest BCUT2D eigenvalue weighted by Crippen LogP contribution is 2.16. The van der Waals surface area contributed by atoms with Crippen molar-refractivity contribution >= 4 is 37.9 Å². The molecule has 0 aromatic heterocycles. The second-order valence-corrected chi connectivity index (χ2v) is 7.66. The van der Waals surface area contributed by atoms with Gasteiger partial charge in [0.1, 0.15) is 0 Å². The first-order valence-corrected chi connectivity index (χ1v) is 8.76. The number of urea groups is 1. The van der Waals surface area contributed by atoms with Gasteiger partial charge < -0.3 is 10.6 Å². The van der Waals surface area contributed by atoms with Crippen LogP contribution in [-0.4, -0.2) is 32.0 Å². The maximum atomic E-state index is 11.6. The van der Waals surface area contributed by atoms with Crippen molar-refractivity contribution in [2.45, 2.75) is 12.5 Å². The van der Waals surface area contributed by atoms with E-state index in [1.165, 1.54) is 6.20 Å². The first-order chi connectivity index (χ1) is 9.46. The molecule has 1 saturated heterocycles. The summed E-state index contributed by atoms with van der Waals surface area (Å²) in [6, 6.07) is 6.93. The van der Waals surface area contributed by atoms with Crippen LogP contribution in [0.3, 0.4) is 0 Å². The van der Waals surface area contributed by atoms with E-state index in [4.69, 9.17) is 0 Å². The normalized spacial score (nSPS) is 20.9. The van der Waals surface area contributed by atoms with E-state index in [-0.39, 0.29) is 17.5 Å². The third kappa shape index (κ3) is 4.35. The van der Waals surface area contributed by atoms with Crippen molar-refractivity contribution in [2.75, 3.05) is 11.5 Å². The third-order valence-corrected chi connectivity index (χ3v) is 5.44. The average molecular weight is 359 g/mol. The molecule has 1 aliphatic heterocycles. The van der Waals surface area contributed by atoms with Crippen molar-refractivity contribution < 1.29 is 13.2 Å². The van der Waals surface area contributed by atoms with Gasteiger partial charge in [-0.2, -0.15) is 0 Å². The Hall–Kier alpha value is -1.34. The molecule has 0 radical (unpaired) electrons. The van der Waals surface area contributed by atoms with Gasteiger partial charge >= 0.3 is 6.03 Å². The molecule has 1 aliphatic rings. The summed E-state index contributed by atoms with van der Waals surface area (Å²) < 4.78 is 23.5. The molecule has 0 bridgehead atoms. The van der Waals surface area contributed by atoms with E-state index in [2.05, 4.69) is 26.6 Å². The molecule has 1 fully saturated rings. The van der Waals surface area contributed by atoms with Gasteiger partial charge in [0.2, 0.25) is 0 Å². The molecule has 1 heterocycles. The minimum atomic E-state index is -2.98. The number of nitrogens with one attached hydrogen (secondary N) is 2. The predicted octanol–water partition coefficient (Wildman–Crippen LogP) is 1.91. The van der Waals surface area contributed by atoms with Crippen molar-refractivity contribution in [3.8, 4) is 0 Å². The van der Waals surface area contributed by atoms with Gasteiger partial charge in [0.15, 0.2) is 9.84 Å². The number of benzene rings is 1. The van der Waals surface area contributed by atoms with Gasteiger partial charge in [-0.25, -0.2) is 13.2 Å². The number of hydrogen-bond donors (Lipinski definition) is 2. The molecule has 1 aromatic carbocycles. The van der Waals surface area contributed by atoms with E-state index in [0.29, 0.717) is 6.42 Å². The number of carbonyl (C=O) groups is 1. The molecule has 2 amide bonds. The van der Waals surface area contributed by atoms with E-state index in [0.717, 1.165) is 10.0 Å². The number of hydrogen-bond acceptors (Lipinski definition) is 3. The van der Waals surface area contributed by atoms with Gasteiger partial charge in [-0.3, -0.25) is 0 Å². The molecule has 5 nitrogen and oxygen atoms in total. The highest BCUT2D eigenvalue weighted by Gasteiger charge is 2.28. The molecule has 1 atom stereocenters. The molecule has 20 heavy (non-hydrogen) atoms. The first-order valence-electron chi connectivity index (χ1n) is 6.15. The van der Waals surface area contributed by atoms with Crippen LogP contribution in [0.1, 0.15) is 12.0 Å². The Bertz CT molecular complexity index is 628. The number of amides is 2. The second kappa shape index (κ2) is 6.41. The first kappa shape index (κ1) is 15.1. The number of carbonyl (C=O) groups excluding carboxylic acids is 1. The second-order valence-electron chi connectivity index (χ2n) is 4.57. The topological polar surface area (TPSA) is 75.3 Å². The Morgan fingerprint density at radius 2 is 2.10 bits per heavy atom. The van der Waals surface area contributed by atoms with Crippen LogP contribution in [0.4, 0.5) is 4.79 Å². The van der Waals surface area contributed by atoms with E-state index in [1.54, 1.807) is 6.08 Å². The number of rotatable bonds is 3. The largest absolute Gasteiger partial charge is 0.334 e. The standard InChI is InChI=1S/C13H15BrN2O3S/c14-12-4-2-1-3-10(12)5-7-15-13(17)16-11-6-8-20(18,19)9-11/h1-5,7,11H,6,8-9H2,(H2,15,16,17)/b7-5+. The number of sulfone groups is 1. The average Bonchev–Trinajstić information content (AvgIpc) is 2.71. The molecule has 2 N–H and O–H groups in total. The fourth-order valence-electron chi connectivity index (χ4n) is 1.95. The minimum absolute atomic E-state index is 0.0222. The zero-order valence-electron chi connectivity index (χ0n) is 10.7. The Labute approximate surface area is 126 Å². The van der Waals surface area contributed by atoms with Crippen LogP contribution in [0.5, 0.6) is 0 Å². The van der Waals surface area contributed by atoms with Crippen molar-refractivity contribution in [1.29, 1.82) is 0 Å². The Morgan fingerprint density at radius 3 is 2.75 bits per heavy atom. The van der Waals surface area contributed by atoms with E-state index in [1.807, 2.05) is 24.3 Å². The van der Waals surface area contributed by atoms with Gasteiger partial charge in [0.25, 0.3) is 0 Å². The quantitative estimate of drug-likeness (QED) is 0.866. The van der Waals surface area contributed by atoms with Gasteiger partial charge in [-0.05, 0) is 24.1 Å². The maximum absolute atomic E-state index is 11.6. The van der Waals surface area contributed by atoms with Crippen molar-refractivity contribution in [3.63, 3.8) is 0 Å². The minimum Gasteiger partial charge on any atom is -0.334 e. The predicted molar refractivity (Wildman–Crippen MR) is 81.9 cm³/mol. The van der Waals surface area contributed by atoms with Gasteiger partial charge in [-0.15, -0.1) is 0 Å². The van der Waals surface area contributed by atoms with E-state index >= 15 is 0 Å². The molecule has 7 heteroatoms. The zero-order valence-corrected chi connectivity index (χ0v) is 13.1. The van der Waals surface area contributed by atoms with Crippen LogP contribution in [0, 0.1) is 0 Å². The van der Waals surface area contributed by atoms with Crippen LogP contribution in [-0.2, 0) is 9.84 Å². The monoisotopic (exact) mass is 358 g/mol. The van der Waals surface area contributed by atoms with Crippen molar-refractivity contribution in [2.24, 2.45) is 0 Å². The molecule has 0 spiro atoms. The van der Waals surface area contributed by atoms with Crippen molar-refractivity contribution in [3.05, 3.63) is 40.5 Å². The molecule has 1 unspecified atom stereocenters. The maximum Gasteiger partial charge on any atom is 0.319 e. The molecule has 0 aliphatic carbocycles. The molecule has 1 aromatic rings. The van der Waals surface area contributed by atoms with E-state index < -0.39 is 15.9 Å². The summed E-state index contributed by atoms with van der Waals surface area (Å²) in [7, 11) is -2.98. The van der Waals surface area contributed by atoms with Crippen molar-refractivity contribution in [1.82, 2.24) is 10.6 Å². The summed E-state index contributed by atoms with van der Waals surface area (Å²) in [6.45, 7) is 0. The molecule has 2 rings (SSSR count). The molecule has 108 valence electrons. The van der Waals surface area contributed by atoms with Crippen LogP contribution >= 0.6 is 15.9 Å². The van der Waals surface area contributed by atoms with E-state index in [9.17, 15) is 13.2 Å². The SMILES string of the molecule is O=C(N/C=C/c1ccccc1Br)NC1CCS(=O)(=O)C1. The summed E-state index contributed by atoms with van der Waals surface area (Å²) in [4.78, 5) is 11.6. The molecule has 0 saturated carbocycles. The van der Waals surface area contributed by atoms with Crippen LogP contribution in [0.15, 0.2) is 34.9 Å². The highest BCUT2D eigenvalue weighted by molar-refractivity contribution is 9.10. The zero-order chi connectivity index (χ0) is 14.6. The van der Waals surface area contributed by atoms with Crippen LogP contribution in [0.2, 0.25) is 0 Å². The molecular formula is C13H15BrN2O3S. The lowest BCUT2D eigenvalue weighted by Crippen LogP contribution is -2.40. The Kier molecular flexibility index (Phi) is 4.82. The van der Waals surface area contributed by atoms with Gasteiger partial charge in [-0.1, -0.05) is 34.1 Å². The fourth-order valence-corrected chi connectivity index (χ4v) is 4.04. The lowest BCUT2D eigenvalue weighted by Gasteiger charge is -2.09. The van der Waals surface area contributed by atoms with Gasteiger partial charge in [0, 0.05) is 16.7 Å². The third-order valence-electron chi connectivity index (χ3n) is 2.95. The summed E-state index contributed by atoms with van der Waals surface area (Å²) >= 11 is 3.40. The van der Waals surface area contributed by atoms with Crippen LogP contribution < -0.4 is 10.6 Å². The van der Waals surface area contributed by atoms with Gasteiger partial charge in [0.05, 0.1) is 11.5 Å². The van der Waals surface area contributed by atoms with Crippen LogP contribution in [0.25, 0.3) is 6.08 Å². The summed E-state index contributed by atoms with van der Waals surface area (Å²) in [5, 5.41) is 5.21. The summed E-state index contributed by atoms with van der Waals surface area (Å²) in [5.74, 6) is 0.166. The smallest absolute Gasteiger partial charge is 0.319 e. The fraction of sp³-hybridized carbons (Fsp3) is 0.308. The lowest BCUT2D eigenvalue weighted by molar-refractivity contribution is 0.241. The lowest BCUT2D eigenvalue weighted by atomic mass is 10.2. The number of halogens is 1. The molecular weight excluding hydrogens is 344 g/mol. The Morgan fingerprint density at radius 1 is 1.35 bits per heavy atom. The summed E-state index contributed by atoms with van der Waals surface area (Å²) in [6.07, 6.45) is 3.76. The highest BCUT2D eigenvalue weighted by atomic mass is 79.9.